The van der Waals surface area contributed by atoms with Gasteiger partial charge in [0.2, 0.25) is 0 Å². The fraction of sp³-hybridized carbons (Fsp3) is 0.435. The lowest BCUT2D eigenvalue weighted by molar-refractivity contribution is -0.136. The number of esters is 1. The molecule has 0 spiro atoms. The molecule has 3 nitrogen and oxygen atoms in total. The van der Waals surface area contributed by atoms with Crippen LogP contribution in [0.3, 0.4) is 0 Å². The van der Waals surface area contributed by atoms with E-state index in [-0.39, 0.29) is 17.4 Å². The lowest BCUT2D eigenvalue weighted by Gasteiger charge is -2.24. The van der Waals surface area contributed by atoms with E-state index < -0.39 is 5.97 Å². The predicted octanol–water partition coefficient (Wildman–Crippen LogP) is 6.34. The van der Waals surface area contributed by atoms with E-state index in [1.807, 2.05) is 37.3 Å². The van der Waals surface area contributed by atoms with Crippen LogP contribution in [0.1, 0.15) is 58.2 Å². The van der Waals surface area contributed by atoms with E-state index in [4.69, 9.17) is 9.47 Å². The van der Waals surface area contributed by atoms with Gasteiger partial charge in [-0.25, -0.2) is 4.79 Å². The van der Waals surface area contributed by atoms with Crippen LogP contribution >= 0.6 is 15.9 Å². The van der Waals surface area contributed by atoms with Crippen molar-refractivity contribution in [2.45, 2.75) is 59.3 Å². The SMILES string of the molecule is Cc1ccc(OC(=O)COc2ccc(Br)cc2C(C)(C)C)c(C(C)(C)C)c1. The predicted molar refractivity (Wildman–Crippen MR) is 114 cm³/mol. The van der Waals surface area contributed by atoms with Crippen LogP contribution in [0.4, 0.5) is 0 Å². The molecule has 146 valence electrons. The fourth-order valence-electron chi connectivity index (χ4n) is 2.82. The number of rotatable bonds is 4. The highest BCUT2D eigenvalue weighted by molar-refractivity contribution is 9.10. The van der Waals surface area contributed by atoms with Crippen molar-refractivity contribution in [1.29, 1.82) is 0 Å². The molecule has 0 fully saturated rings. The molecule has 0 aliphatic heterocycles. The van der Waals surface area contributed by atoms with E-state index >= 15 is 0 Å². The lowest BCUT2D eigenvalue weighted by Crippen LogP contribution is -2.22. The average Bonchev–Trinajstić information content (AvgIpc) is 2.53. The zero-order valence-corrected chi connectivity index (χ0v) is 18.9. The fourth-order valence-corrected chi connectivity index (χ4v) is 3.18. The Hall–Kier alpha value is -1.81. The van der Waals surface area contributed by atoms with Gasteiger partial charge in [-0.05, 0) is 42.0 Å². The molecule has 2 aromatic rings. The van der Waals surface area contributed by atoms with Crippen LogP contribution in [0, 0.1) is 6.92 Å². The molecule has 0 saturated heterocycles. The molecule has 0 atom stereocenters. The van der Waals surface area contributed by atoms with Gasteiger partial charge < -0.3 is 9.47 Å². The second kappa shape index (κ2) is 8.05. The van der Waals surface area contributed by atoms with Gasteiger partial charge in [-0.3, -0.25) is 0 Å². The Labute approximate surface area is 171 Å². The molecular formula is C23H29BrO3. The van der Waals surface area contributed by atoms with Gasteiger partial charge >= 0.3 is 5.97 Å². The van der Waals surface area contributed by atoms with Crippen molar-refractivity contribution in [1.82, 2.24) is 0 Å². The smallest absolute Gasteiger partial charge is 0.349 e. The third kappa shape index (κ3) is 5.83. The van der Waals surface area contributed by atoms with Gasteiger partial charge in [0.1, 0.15) is 11.5 Å². The third-order valence-corrected chi connectivity index (χ3v) is 4.76. The van der Waals surface area contributed by atoms with Crippen molar-refractivity contribution in [2.24, 2.45) is 0 Å². The van der Waals surface area contributed by atoms with E-state index in [1.54, 1.807) is 0 Å². The number of benzene rings is 2. The summed E-state index contributed by atoms with van der Waals surface area (Å²) in [4.78, 5) is 12.4. The highest BCUT2D eigenvalue weighted by Gasteiger charge is 2.22. The largest absolute Gasteiger partial charge is 0.482 e. The van der Waals surface area contributed by atoms with E-state index in [9.17, 15) is 4.79 Å². The molecule has 0 saturated carbocycles. The van der Waals surface area contributed by atoms with Crippen molar-refractivity contribution < 1.29 is 14.3 Å². The molecule has 2 aromatic carbocycles. The van der Waals surface area contributed by atoms with Crippen LogP contribution in [0.15, 0.2) is 40.9 Å². The summed E-state index contributed by atoms with van der Waals surface area (Å²) in [5, 5.41) is 0. The average molecular weight is 433 g/mol. The monoisotopic (exact) mass is 432 g/mol. The number of aryl methyl sites for hydroxylation is 1. The van der Waals surface area contributed by atoms with Gasteiger partial charge in [0.05, 0.1) is 0 Å². The minimum absolute atomic E-state index is 0.0978. The molecular weight excluding hydrogens is 404 g/mol. The van der Waals surface area contributed by atoms with Gasteiger partial charge in [-0.15, -0.1) is 0 Å². The van der Waals surface area contributed by atoms with Crippen LogP contribution in [0.2, 0.25) is 0 Å². The van der Waals surface area contributed by atoms with Crippen LogP contribution in [-0.2, 0) is 15.6 Å². The van der Waals surface area contributed by atoms with Crippen LogP contribution < -0.4 is 9.47 Å². The van der Waals surface area contributed by atoms with Crippen LogP contribution in [0.5, 0.6) is 11.5 Å². The topological polar surface area (TPSA) is 35.5 Å². The molecule has 0 bridgehead atoms. The first-order valence-corrected chi connectivity index (χ1v) is 9.92. The number of ether oxygens (including phenoxy) is 2. The summed E-state index contributed by atoms with van der Waals surface area (Å²) in [5.74, 6) is 0.878. The summed E-state index contributed by atoms with van der Waals surface area (Å²) in [5.41, 5.74) is 2.97. The zero-order valence-electron chi connectivity index (χ0n) is 17.3. The minimum atomic E-state index is -0.410. The quantitative estimate of drug-likeness (QED) is 0.417. The zero-order chi connectivity index (χ0) is 20.4. The molecule has 0 unspecified atom stereocenters. The molecule has 0 amide bonds. The van der Waals surface area contributed by atoms with Crippen molar-refractivity contribution in [3.05, 3.63) is 57.6 Å². The second-order valence-corrected chi connectivity index (χ2v) is 9.82. The maximum atomic E-state index is 12.4. The first-order valence-electron chi connectivity index (χ1n) is 9.12. The Kier molecular flexibility index (Phi) is 6.41. The highest BCUT2D eigenvalue weighted by atomic mass is 79.9. The summed E-state index contributed by atoms with van der Waals surface area (Å²) in [6.45, 7) is 14.5. The van der Waals surface area contributed by atoms with E-state index in [1.165, 1.54) is 0 Å². The summed E-state index contributed by atoms with van der Waals surface area (Å²) < 4.78 is 12.4. The lowest BCUT2D eigenvalue weighted by atomic mass is 9.85. The standard InChI is InChI=1S/C23H29BrO3/c1-15-8-10-20(17(12-15)22(2,3)4)27-21(25)14-26-19-11-9-16(24)13-18(19)23(5,6)7/h8-13H,14H2,1-7H3. The first-order chi connectivity index (χ1) is 12.4. The summed E-state index contributed by atoms with van der Waals surface area (Å²) in [7, 11) is 0. The van der Waals surface area contributed by atoms with Gasteiger partial charge in [-0.1, -0.05) is 75.2 Å². The molecule has 2 rings (SSSR count). The maximum absolute atomic E-state index is 12.4. The Balaban J connectivity index is 2.15. The van der Waals surface area contributed by atoms with Gasteiger partial charge in [0.25, 0.3) is 0 Å². The normalized spacial score (nSPS) is 12.0. The number of carbonyl (C=O) groups excluding carboxylic acids is 1. The van der Waals surface area contributed by atoms with Crippen molar-refractivity contribution in [3.63, 3.8) is 0 Å². The number of hydrogen-bond acceptors (Lipinski definition) is 3. The van der Waals surface area contributed by atoms with Crippen molar-refractivity contribution in [3.8, 4) is 11.5 Å². The summed E-state index contributed by atoms with van der Waals surface area (Å²) >= 11 is 3.50. The van der Waals surface area contributed by atoms with Gasteiger partial charge in [0, 0.05) is 15.6 Å². The molecule has 0 N–H and O–H groups in total. The van der Waals surface area contributed by atoms with Gasteiger partial charge in [0.15, 0.2) is 6.61 Å². The highest BCUT2D eigenvalue weighted by Crippen LogP contribution is 2.34. The van der Waals surface area contributed by atoms with Crippen LogP contribution in [0.25, 0.3) is 0 Å². The van der Waals surface area contributed by atoms with Crippen molar-refractivity contribution in [2.75, 3.05) is 6.61 Å². The Morgan fingerprint density at radius 1 is 0.889 bits per heavy atom. The number of carbonyl (C=O) groups is 1. The molecule has 4 heteroatoms. The van der Waals surface area contributed by atoms with Gasteiger partial charge in [-0.2, -0.15) is 0 Å². The third-order valence-electron chi connectivity index (χ3n) is 4.26. The van der Waals surface area contributed by atoms with E-state index in [2.05, 4.69) is 63.5 Å². The van der Waals surface area contributed by atoms with Crippen molar-refractivity contribution >= 4 is 21.9 Å². The first kappa shape index (κ1) is 21.5. The molecule has 0 heterocycles. The Bertz CT molecular complexity index is 826. The Morgan fingerprint density at radius 2 is 1.44 bits per heavy atom. The molecule has 0 radical (unpaired) electrons. The summed E-state index contributed by atoms with van der Waals surface area (Å²) in [6, 6.07) is 11.7. The summed E-state index contributed by atoms with van der Waals surface area (Å²) in [6.07, 6.45) is 0. The number of halogens is 1. The maximum Gasteiger partial charge on any atom is 0.349 e. The molecule has 0 aliphatic rings. The number of hydrogen-bond donors (Lipinski definition) is 0. The molecule has 0 aromatic heterocycles. The molecule has 0 aliphatic carbocycles. The second-order valence-electron chi connectivity index (χ2n) is 8.90. The van der Waals surface area contributed by atoms with Crippen LogP contribution in [-0.4, -0.2) is 12.6 Å². The Morgan fingerprint density at radius 3 is 2.04 bits per heavy atom. The molecule has 27 heavy (non-hydrogen) atoms. The van der Waals surface area contributed by atoms with E-state index in [0.29, 0.717) is 11.5 Å². The van der Waals surface area contributed by atoms with E-state index in [0.717, 1.165) is 21.2 Å². The minimum Gasteiger partial charge on any atom is -0.482 e.